The molecule has 0 spiro atoms. The van der Waals surface area contributed by atoms with Crippen LogP contribution >= 0.6 is 24.8 Å². The fourth-order valence-corrected chi connectivity index (χ4v) is 1.85. The van der Waals surface area contributed by atoms with Crippen molar-refractivity contribution in [2.24, 2.45) is 0 Å². The molecule has 0 aliphatic heterocycles. The Morgan fingerprint density at radius 3 is 2.62 bits per heavy atom. The van der Waals surface area contributed by atoms with Crippen LogP contribution in [0.15, 0.2) is 41.4 Å². The van der Waals surface area contributed by atoms with E-state index in [-0.39, 0.29) is 5.91 Å². The fraction of sp³-hybridized carbons (Fsp3) is 0.133. The number of carbonyl (C=O) groups is 1. The molecule has 0 aliphatic carbocycles. The number of thiocarbonyl (C=S) groups is 1. The van der Waals surface area contributed by atoms with Gasteiger partial charge in [0.05, 0.1) is 15.9 Å². The van der Waals surface area contributed by atoms with Gasteiger partial charge >= 0.3 is 0 Å². The van der Waals surface area contributed by atoms with E-state index in [1.807, 2.05) is 24.3 Å². The summed E-state index contributed by atoms with van der Waals surface area (Å²) in [4.78, 5) is 21.2. The molecule has 2 rings (SSSR count). The molecule has 0 aliphatic rings. The maximum atomic E-state index is 12.0. The van der Waals surface area contributed by atoms with Crippen molar-refractivity contribution >= 4 is 53.7 Å². The Morgan fingerprint density at radius 2 is 2.05 bits per heavy atom. The Kier molecular flexibility index (Phi) is 6.33. The van der Waals surface area contributed by atoms with Gasteiger partial charge in [0.2, 0.25) is 0 Å². The SMILES string of the molecule is C=C(C)N(C)C(=O)/C(S)=C\c1nc2ccccc2[nH]1.C=S. The van der Waals surface area contributed by atoms with Crippen molar-refractivity contribution in [2.45, 2.75) is 6.92 Å². The van der Waals surface area contributed by atoms with Crippen LogP contribution in [0.3, 0.4) is 0 Å². The molecular weight excluding hydrogens is 302 g/mol. The molecule has 1 aromatic carbocycles. The van der Waals surface area contributed by atoms with Gasteiger partial charge in [0, 0.05) is 12.7 Å². The minimum Gasteiger partial charge on any atom is -0.338 e. The second-order valence-corrected chi connectivity index (χ2v) is 4.75. The van der Waals surface area contributed by atoms with Crippen LogP contribution in [0, 0.1) is 0 Å². The summed E-state index contributed by atoms with van der Waals surface area (Å²) in [5.74, 6) is 3.23. The second kappa shape index (κ2) is 7.75. The van der Waals surface area contributed by atoms with Crippen molar-refractivity contribution in [3.8, 4) is 0 Å². The Morgan fingerprint density at radius 1 is 1.43 bits per heavy atom. The van der Waals surface area contributed by atoms with Crippen LogP contribution < -0.4 is 0 Å². The van der Waals surface area contributed by atoms with Crippen molar-refractivity contribution in [3.63, 3.8) is 0 Å². The summed E-state index contributed by atoms with van der Waals surface area (Å²) in [5, 5.41) is 0. The molecule has 1 aromatic heterocycles. The molecule has 0 fully saturated rings. The third-order valence-corrected chi connectivity index (χ3v) is 3.10. The van der Waals surface area contributed by atoms with Crippen LogP contribution in [0.25, 0.3) is 17.1 Å². The first-order valence-electron chi connectivity index (χ1n) is 6.07. The third-order valence-electron chi connectivity index (χ3n) is 2.78. The molecule has 6 heteroatoms. The van der Waals surface area contributed by atoms with Crippen LogP contribution in [-0.2, 0) is 4.79 Å². The highest BCUT2D eigenvalue weighted by atomic mass is 32.1. The quantitative estimate of drug-likeness (QED) is 0.517. The minimum atomic E-state index is -0.212. The summed E-state index contributed by atoms with van der Waals surface area (Å²) in [7, 11) is 1.66. The fourth-order valence-electron chi connectivity index (χ4n) is 1.58. The van der Waals surface area contributed by atoms with Gasteiger partial charge < -0.3 is 9.88 Å². The van der Waals surface area contributed by atoms with E-state index in [1.54, 1.807) is 20.0 Å². The summed E-state index contributed by atoms with van der Waals surface area (Å²) in [6.45, 7) is 5.48. The molecule has 1 N–H and O–H groups in total. The number of amides is 1. The molecule has 0 radical (unpaired) electrons. The van der Waals surface area contributed by atoms with E-state index < -0.39 is 0 Å². The van der Waals surface area contributed by atoms with E-state index in [0.717, 1.165) is 11.0 Å². The monoisotopic (exact) mass is 319 g/mol. The maximum absolute atomic E-state index is 12.0. The molecular formula is C15H17N3OS2. The lowest BCUT2D eigenvalue weighted by Crippen LogP contribution is -2.24. The average Bonchev–Trinajstić information content (AvgIpc) is 2.89. The largest absolute Gasteiger partial charge is 0.338 e. The molecule has 0 saturated heterocycles. The number of imidazole rings is 1. The Hall–Kier alpha value is -1.92. The highest BCUT2D eigenvalue weighted by Crippen LogP contribution is 2.16. The number of hydrogen-bond acceptors (Lipinski definition) is 4. The van der Waals surface area contributed by atoms with Crippen LogP contribution in [0.1, 0.15) is 12.7 Å². The Bertz CT molecular complexity index is 658. The van der Waals surface area contributed by atoms with Gasteiger partial charge in [-0.1, -0.05) is 30.9 Å². The predicted octanol–water partition coefficient (Wildman–Crippen LogP) is 3.44. The summed E-state index contributed by atoms with van der Waals surface area (Å²) in [6.07, 6.45) is 1.62. The molecule has 0 bridgehead atoms. The first kappa shape index (κ1) is 17.1. The summed E-state index contributed by atoms with van der Waals surface area (Å²) >= 11 is 8.05. The molecule has 2 aromatic rings. The molecule has 110 valence electrons. The van der Waals surface area contributed by atoms with E-state index in [9.17, 15) is 4.79 Å². The van der Waals surface area contributed by atoms with Gasteiger partial charge in [-0.05, 0) is 31.0 Å². The van der Waals surface area contributed by atoms with E-state index in [1.165, 1.54) is 4.90 Å². The van der Waals surface area contributed by atoms with Crippen LogP contribution in [-0.4, -0.2) is 33.7 Å². The summed E-state index contributed by atoms with van der Waals surface area (Å²) < 4.78 is 0. The van der Waals surface area contributed by atoms with E-state index >= 15 is 0 Å². The molecule has 21 heavy (non-hydrogen) atoms. The number of para-hydroxylation sites is 2. The van der Waals surface area contributed by atoms with E-state index in [0.29, 0.717) is 16.4 Å². The number of benzene rings is 1. The smallest absolute Gasteiger partial charge is 0.264 e. The number of rotatable bonds is 3. The topological polar surface area (TPSA) is 49.0 Å². The van der Waals surface area contributed by atoms with Gasteiger partial charge in [0.1, 0.15) is 5.82 Å². The summed E-state index contributed by atoms with van der Waals surface area (Å²) in [5.41, 5.74) is 2.45. The van der Waals surface area contributed by atoms with Crippen molar-refractivity contribution in [3.05, 3.63) is 47.3 Å². The van der Waals surface area contributed by atoms with Gasteiger partial charge in [-0.25, -0.2) is 4.98 Å². The molecule has 4 nitrogen and oxygen atoms in total. The summed E-state index contributed by atoms with van der Waals surface area (Å²) in [6, 6.07) is 7.68. The predicted molar refractivity (Wildman–Crippen MR) is 95.4 cm³/mol. The number of aromatic nitrogens is 2. The van der Waals surface area contributed by atoms with Crippen molar-refractivity contribution in [2.75, 3.05) is 7.05 Å². The number of nitrogens with zero attached hydrogens (tertiary/aromatic N) is 2. The molecule has 0 atom stereocenters. The van der Waals surface area contributed by atoms with Crippen LogP contribution in [0.2, 0.25) is 0 Å². The standard InChI is InChI=1S/C14H15N3OS.CH2S/c1-9(2)17(3)14(18)12(19)8-13-15-10-6-4-5-7-11(10)16-13;1-2/h4-8,19H,1H2,2-3H3,(H,15,16);1H2/b12-8+;. The Balaban J connectivity index is 0.00000106. The van der Waals surface area contributed by atoms with Gasteiger partial charge in [-0.2, -0.15) is 0 Å². The van der Waals surface area contributed by atoms with Gasteiger partial charge in [0.15, 0.2) is 0 Å². The normalized spacial score (nSPS) is 10.7. The first-order chi connectivity index (χ1) is 9.99. The number of hydrogen-bond donors (Lipinski definition) is 2. The lowest BCUT2D eigenvalue weighted by Gasteiger charge is -2.16. The number of H-pyrrole nitrogens is 1. The average molecular weight is 319 g/mol. The molecule has 0 saturated carbocycles. The molecule has 1 amide bonds. The van der Waals surface area contributed by atoms with E-state index in [2.05, 4.69) is 47.3 Å². The highest BCUT2D eigenvalue weighted by Gasteiger charge is 2.12. The lowest BCUT2D eigenvalue weighted by atomic mass is 10.3. The van der Waals surface area contributed by atoms with Crippen molar-refractivity contribution in [1.82, 2.24) is 14.9 Å². The molecule has 1 heterocycles. The third kappa shape index (κ3) is 4.27. The number of fused-ring (bicyclic) bond motifs is 1. The highest BCUT2D eigenvalue weighted by molar-refractivity contribution is 7.85. The number of carbonyl (C=O) groups excluding carboxylic acids is 1. The van der Waals surface area contributed by atoms with Crippen LogP contribution in [0.4, 0.5) is 0 Å². The number of nitrogens with one attached hydrogen (secondary N) is 1. The molecule has 0 unspecified atom stereocenters. The number of aromatic amines is 1. The second-order valence-electron chi connectivity index (χ2n) is 4.27. The van der Waals surface area contributed by atoms with Crippen molar-refractivity contribution in [1.29, 1.82) is 0 Å². The zero-order valence-electron chi connectivity index (χ0n) is 12.0. The number of thiol groups is 1. The zero-order chi connectivity index (χ0) is 16.0. The zero-order valence-corrected chi connectivity index (χ0v) is 13.7. The van der Waals surface area contributed by atoms with Gasteiger partial charge in [0.25, 0.3) is 5.91 Å². The van der Waals surface area contributed by atoms with Crippen LogP contribution in [0.5, 0.6) is 0 Å². The number of allylic oxidation sites excluding steroid dienone is 1. The lowest BCUT2D eigenvalue weighted by molar-refractivity contribution is -0.123. The van der Waals surface area contributed by atoms with Gasteiger partial charge in [-0.3, -0.25) is 4.79 Å². The van der Waals surface area contributed by atoms with Crippen molar-refractivity contribution < 1.29 is 4.79 Å². The maximum Gasteiger partial charge on any atom is 0.264 e. The van der Waals surface area contributed by atoms with E-state index in [4.69, 9.17) is 0 Å². The Labute approximate surface area is 135 Å². The number of likely N-dealkylation sites (N-methyl/N-ethyl adjacent to an activating group) is 1. The minimum absolute atomic E-state index is 0.212. The first-order valence-corrected chi connectivity index (χ1v) is 7.09. The van der Waals surface area contributed by atoms with Gasteiger partial charge in [-0.15, -0.1) is 12.6 Å².